The molecule has 25 heavy (non-hydrogen) atoms. The Kier molecular flexibility index (Phi) is 6.46. The molecule has 0 unspecified atom stereocenters. The monoisotopic (exact) mass is 346 g/mol. The fourth-order valence-corrected chi connectivity index (χ4v) is 2.40. The summed E-state index contributed by atoms with van der Waals surface area (Å²) in [4.78, 5) is 23.0. The summed E-state index contributed by atoms with van der Waals surface area (Å²) >= 11 is 0. The van der Waals surface area contributed by atoms with Gasteiger partial charge in [-0.25, -0.2) is 14.5 Å². The lowest BCUT2D eigenvalue weighted by molar-refractivity contribution is 0.0526. The summed E-state index contributed by atoms with van der Waals surface area (Å²) in [6, 6.07) is 1.95. The van der Waals surface area contributed by atoms with Gasteiger partial charge in [0.2, 0.25) is 0 Å². The second-order valence-electron chi connectivity index (χ2n) is 6.08. The number of hydrogen-bond acceptors (Lipinski definition) is 7. The molecule has 0 atom stereocenters. The molecule has 0 bridgehead atoms. The third kappa shape index (κ3) is 4.99. The number of anilines is 1. The molecule has 0 aliphatic rings. The molecule has 0 amide bonds. The van der Waals surface area contributed by atoms with E-state index >= 15 is 0 Å². The van der Waals surface area contributed by atoms with Crippen LogP contribution in [0, 0.1) is 13.8 Å². The summed E-state index contributed by atoms with van der Waals surface area (Å²) in [6.07, 6.45) is 2.42. The van der Waals surface area contributed by atoms with Crippen LogP contribution in [0.5, 0.6) is 0 Å². The Labute approximate surface area is 148 Å². The van der Waals surface area contributed by atoms with Crippen molar-refractivity contribution in [1.29, 1.82) is 0 Å². The van der Waals surface area contributed by atoms with Crippen molar-refractivity contribution in [3.05, 3.63) is 29.2 Å². The summed E-state index contributed by atoms with van der Waals surface area (Å²) in [5, 5.41) is 7.62. The number of nitrogens with zero attached hydrogens (tertiary/aromatic N) is 5. The number of ether oxygens (including phenoxy) is 1. The Bertz CT molecular complexity index is 726. The molecule has 2 rings (SSSR count). The molecule has 8 nitrogen and oxygen atoms in total. The van der Waals surface area contributed by atoms with E-state index in [0.717, 1.165) is 24.4 Å². The van der Waals surface area contributed by atoms with Crippen molar-refractivity contribution in [2.75, 3.05) is 39.1 Å². The van der Waals surface area contributed by atoms with Crippen molar-refractivity contribution in [2.24, 2.45) is 0 Å². The first kappa shape index (κ1) is 18.9. The third-order valence-electron chi connectivity index (χ3n) is 3.54. The highest BCUT2D eigenvalue weighted by Crippen LogP contribution is 2.16. The summed E-state index contributed by atoms with van der Waals surface area (Å²) in [5.74, 6) is 0.459. The van der Waals surface area contributed by atoms with Crippen molar-refractivity contribution in [1.82, 2.24) is 24.6 Å². The Balaban J connectivity index is 2.28. The number of aromatic nitrogens is 4. The second kappa shape index (κ2) is 8.57. The van der Waals surface area contributed by atoms with E-state index < -0.39 is 5.97 Å². The van der Waals surface area contributed by atoms with Crippen LogP contribution in [-0.2, 0) is 4.74 Å². The van der Waals surface area contributed by atoms with Crippen LogP contribution in [0.2, 0.25) is 0 Å². The molecule has 136 valence electrons. The van der Waals surface area contributed by atoms with E-state index in [-0.39, 0.29) is 0 Å². The highest BCUT2D eigenvalue weighted by atomic mass is 16.5. The average Bonchev–Trinajstić information content (AvgIpc) is 2.90. The first-order valence-corrected chi connectivity index (χ1v) is 8.38. The topological polar surface area (TPSA) is 85.2 Å². The Hall–Kier alpha value is -2.48. The van der Waals surface area contributed by atoms with Gasteiger partial charge in [-0.05, 0) is 53.9 Å². The molecule has 0 saturated heterocycles. The molecular weight excluding hydrogens is 320 g/mol. The van der Waals surface area contributed by atoms with E-state index in [2.05, 4.69) is 25.3 Å². The zero-order valence-electron chi connectivity index (χ0n) is 15.5. The van der Waals surface area contributed by atoms with Gasteiger partial charge in [0.25, 0.3) is 5.95 Å². The molecule has 0 saturated carbocycles. The van der Waals surface area contributed by atoms with Crippen LogP contribution in [0.25, 0.3) is 5.95 Å². The lowest BCUT2D eigenvalue weighted by atomic mass is 10.3. The number of carbonyl (C=O) groups is 1. The summed E-state index contributed by atoms with van der Waals surface area (Å²) in [6.45, 7) is 7.56. The van der Waals surface area contributed by atoms with E-state index in [4.69, 9.17) is 4.74 Å². The lowest BCUT2D eigenvalue weighted by Gasteiger charge is -2.13. The van der Waals surface area contributed by atoms with Gasteiger partial charge in [-0.1, -0.05) is 0 Å². The molecule has 0 spiro atoms. The van der Waals surface area contributed by atoms with Gasteiger partial charge in [0.15, 0.2) is 0 Å². The first-order chi connectivity index (χ1) is 11.9. The Morgan fingerprint density at radius 2 is 2.12 bits per heavy atom. The molecule has 0 radical (unpaired) electrons. The van der Waals surface area contributed by atoms with Gasteiger partial charge in [0.05, 0.1) is 12.3 Å². The minimum absolute atomic E-state index is 0.304. The van der Waals surface area contributed by atoms with Gasteiger partial charge in [-0.15, -0.1) is 0 Å². The molecule has 0 aromatic carbocycles. The van der Waals surface area contributed by atoms with Crippen molar-refractivity contribution in [3.63, 3.8) is 0 Å². The van der Waals surface area contributed by atoms with Crippen molar-refractivity contribution in [3.8, 4) is 5.95 Å². The minimum Gasteiger partial charge on any atom is -0.462 e. The van der Waals surface area contributed by atoms with Crippen molar-refractivity contribution in [2.45, 2.75) is 27.2 Å². The number of rotatable bonds is 8. The summed E-state index contributed by atoms with van der Waals surface area (Å²) in [7, 11) is 4.05. The maximum atomic E-state index is 12.2. The quantitative estimate of drug-likeness (QED) is 0.576. The van der Waals surface area contributed by atoms with E-state index in [1.807, 2.05) is 34.0 Å². The lowest BCUT2D eigenvalue weighted by Crippen LogP contribution is -2.19. The number of aryl methyl sites for hydroxylation is 2. The third-order valence-corrected chi connectivity index (χ3v) is 3.54. The molecule has 2 aromatic heterocycles. The Morgan fingerprint density at radius 3 is 2.72 bits per heavy atom. The molecule has 0 aliphatic heterocycles. The standard InChI is InChI=1S/C17H26N6O2/c1-6-25-16(24)14-11-19-17(23-13(3)10-12(2)21-23)20-15(14)18-8-7-9-22(4)5/h10-11H,6-9H2,1-5H3,(H,18,19,20). The highest BCUT2D eigenvalue weighted by molar-refractivity contribution is 5.94. The molecule has 2 heterocycles. The van der Waals surface area contributed by atoms with Crippen LogP contribution in [0.15, 0.2) is 12.3 Å². The van der Waals surface area contributed by atoms with Gasteiger partial charge in [0, 0.05) is 18.4 Å². The van der Waals surface area contributed by atoms with Crippen LogP contribution in [0.3, 0.4) is 0 Å². The first-order valence-electron chi connectivity index (χ1n) is 8.38. The van der Waals surface area contributed by atoms with Crippen LogP contribution >= 0.6 is 0 Å². The van der Waals surface area contributed by atoms with E-state index in [1.165, 1.54) is 6.20 Å². The number of esters is 1. The highest BCUT2D eigenvalue weighted by Gasteiger charge is 2.17. The van der Waals surface area contributed by atoms with Crippen LogP contribution in [-0.4, -0.2) is 64.4 Å². The van der Waals surface area contributed by atoms with Gasteiger partial charge < -0.3 is 15.0 Å². The minimum atomic E-state index is -0.433. The number of hydrogen-bond donors (Lipinski definition) is 1. The molecule has 8 heteroatoms. The smallest absolute Gasteiger partial charge is 0.343 e. The van der Waals surface area contributed by atoms with Gasteiger partial charge in [-0.3, -0.25) is 0 Å². The SMILES string of the molecule is CCOC(=O)c1cnc(-n2nc(C)cc2C)nc1NCCCN(C)C. The number of carbonyl (C=O) groups excluding carboxylic acids is 1. The van der Waals surface area contributed by atoms with Crippen LogP contribution in [0.1, 0.15) is 35.1 Å². The molecule has 1 N–H and O–H groups in total. The fourth-order valence-electron chi connectivity index (χ4n) is 2.40. The maximum Gasteiger partial charge on any atom is 0.343 e. The van der Waals surface area contributed by atoms with E-state index in [0.29, 0.717) is 30.5 Å². The van der Waals surface area contributed by atoms with E-state index in [9.17, 15) is 4.79 Å². The largest absolute Gasteiger partial charge is 0.462 e. The summed E-state index contributed by atoms with van der Waals surface area (Å²) in [5.41, 5.74) is 2.15. The maximum absolute atomic E-state index is 12.2. The van der Waals surface area contributed by atoms with Gasteiger partial charge in [-0.2, -0.15) is 10.1 Å². The predicted octanol–water partition coefficient (Wildman–Crippen LogP) is 1.82. The summed E-state index contributed by atoms with van der Waals surface area (Å²) < 4.78 is 6.76. The van der Waals surface area contributed by atoms with E-state index in [1.54, 1.807) is 11.6 Å². The van der Waals surface area contributed by atoms with Gasteiger partial charge >= 0.3 is 5.97 Å². The van der Waals surface area contributed by atoms with Crippen LogP contribution in [0.4, 0.5) is 5.82 Å². The molecule has 2 aromatic rings. The molecule has 0 fully saturated rings. The van der Waals surface area contributed by atoms with Crippen molar-refractivity contribution >= 4 is 11.8 Å². The Morgan fingerprint density at radius 1 is 1.36 bits per heavy atom. The van der Waals surface area contributed by atoms with Crippen molar-refractivity contribution < 1.29 is 9.53 Å². The predicted molar refractivity (Wildman–Crippen MR) is 96.2 cm³/mol. The normalized spacial score (nSPS) is 11.0. The second-order valence-corrected chi connectivity index (χ2v) is 6.08. The zero-order chi connectivity index (χ0) is 18.4. The van der Waals surface area contributed by atoms with Crippen LogP contribution < -0.4 is 5.32 Å². The average molecular weight is 346 g/mol. The zero-order valence-corrected chi connectivity index (χ0v) is 15.5. The van der Waals surface area contributed by atoms with Gasteiger partial charge in [0.1, 0.15) is 11.4 Å². The number of nitrogens with one attached hydrogen (secondary N) is 1. The molecular formula is C17H26N6O2. The molecule has 0 aliphatic carbocycles. The fraction of sp³-hybridized carbons (Fsp3) is 0.529.